The van der Waals surface area contributed by atoms with Crippen LogP contribution in [-0.2, 0) is 0 Å². The molecule has 0 aliphatic heterocycles. The van der Waals surface area contributed by atoms with E-state index in [1.165, 1.54) is 0 Å². The van der Waals surface area contributed by atoms with Crippen molar-refractivity contribution in [2.24, 2.45) is 0 Å². The Bertz CT molecular complexity index is 90.0. The minimum Gasteiger partial charge on any atom is -0.251 e. The first-order valence-corrected chi connectivity index (χ1v) is 2.72. The normalized spacial score (nSPS) is 12.6. The van der Waals surface area contributed by atoms with Crippen molar-refractivity contribution < 1.29 is 22.0 Å². The van der Waals surface area contributed by atoms with E-state index in [0.29, 0.717) is 0 Å². The first kappa shape index (κ1) is 9.65. The molecule has 0 saturated heterocycles. The summed E-state index contributed by atoms with van der Waals surface area (Å²) in [7, 11) is 0. The van der Waals surface area contributed by atoms with Gasteiger partial charge in [0.25, 0.3) is 0 Å². The number of hydrogen-bond donors (Lipinski definition) is 0. The highest BCUT2D eigenvalue weighted by molar-refractivity contribution is 4.68. The number of hydrogen-bond acceptors (Lipinski definition) is 0. The third kappa shape index (κ3) is 2.98. The number of alkyl halides is 5. The van der Waals surface area contributed by atoms with Gasteiger partial charge in [0.15, 0.2) is 0 Å². The van der Waals surface area contributed by atoms with E-state index in [1.54, 1.807) is 0 Å². The Balaban J connectivity index is 3.63. The molecule has 0 aromatic carbocycles. The topological polar surface area (TPSA) is 0 Å². The van der Waals surface area contributed by atoms with Crippen LogP contribution in [0.1, 0.15) is 12.8 Å². The fourth-order valence-electron chi connectivity index (χ4n) is 0.412. The summed E-state index contributed by atoms with van der Waals surface area (Å²) < 4.78 is 57.4. The van der Waals surface area contributed by atoms with Gasteiger partial charge >= 0.3 is 12.3 Å². The maximum absolute atomic E-state index is 11.8. The van der Waals surface area contributed by atoms with Crippen LogP contribution >= 0.6 is 0 Å². The molecule has 62 valence electrons. The maximum atomic E-state index is 11.8. The molecule has 10 heavy (non-hydrogen) atoms. The molecule has 0 aromatic heterocycles. The zero-order valence-electron chi connectivity index (χ0n) is 5.09. The molecule has 0 saturated carbocycles. The average Bonchev–Trinajstić information content (AvgIpc) is 1.84. The maximum Gasteiger partial charge on any atom is 0.307 e. The minimum absolute atomic E-state index is 0.517. The van der Waals surface area contributed by atoms with E-state index < -0.39 is 31.9 Å². The van der Waals surface area contributed by atoms with Gasteiger partial charge in [0.2, 0.25) is 0 Å². The molecule has 0 bridgehead atoms. The molecular weight excluding hydrogens is 155 g/mol. The van der Waals surface area contributed by atoms with Crippen LogP contribution < -0.4 is 0 Å². The Morgan fingerprint density at radius 3 is 2.00 bits per heavy atom. The molecule has 0 unspecified atom stereocenters. The van der Waals surface area contributed by atoms with Gasteiger partial charge in [-0.25, -0.2) is 17.6 Å². The lowest BCUT2D eigenvalue weighted by molar-refractivity contribution is -0.134. The highest BCUT2D eigenvalue weighted by Crippen LogP contribution is 2.27. The summed E-state index contributed by atoms with van der Waals surface area (Å²) in [5.74, 6) is -4.02. The summed E-state index contributed by atoms with van der Waals surface area (Å²) in [5.41, 5.74) is 0. The summed E-state index contributed by atoms with van der Waals surface area (Å²) in [6.45, 7) is -0.984. The van der Waals surface area contributed by atoms with Gasteiger partial charge in [-0.1, -0.05) is 0 Å². The van der Waals surface area contributed by atoms with Crippen molar-refractivity contribution in [3.8, 4) is 0 Å². The lowest BCUT2D eigenvalue weighted by Gasteiger charge is -2.12. The van der Waals surface area contributed by atoms with Crippen molar-refractivity contribution in [2.45, 2.75) is 25.2 Å². The highest BCUT2D eigenvalue weighted by atomic mass is 19.3. The predicted octanol–water partition coefficient (Wildman–Crippen LogP) is 2.64. The Morgan fingerprint density at radius 2 is 1.70 bits per heavy atom. The Hall–Kier alpha value is -0.350. The zero-order valence-corrected chi connectivity index (χ0v) is 5.09. The van der Waals surface area contributed by atoms with E-state index in [1.807, 2.05) is 0 Å². The zero-order chi connectivity index (χ0) is 8.20. The molecule has 0 spiro atoms. The number of rotatable bonds is 4. The summed E-state index contributed by atoms with van der Waals surface area (Å²) in [5, 5.41) is 0. The summed E-state index contributed by atoms with van der Waals surface area (Å²) in [6.07, 6.45) is -5.28. The van der Waals surface area contributed by atoms with E-state index in [4.69, 9.17) is 0 Å². The van der Waals surface area contributed by atoms with Gasteiger partial charge in [0, 0.05) is 6.42 Å². The minimum atomic E-state index is -4.02. The lowest BCUT2D eigenvalue weighted by Crippen LogP contribution is -2.26. The second-order valence-corrected chi connectivity index (χ2v) is 1.85. The van der Waals surface area contributed by atoms with Crippen molar-refractivity contribution >= 4 is 0 Å². The van der Waals surface area contributed by atoms with Crippen molar-refractivity contribution in [3.63, 3.8) is 0 Å². The van der Waals surface area contributed by atoms with Crippen LogP contribution in [0.5, 0.6) is 0 Å². The number of halogens is 5. The van der Waals surface area contributed by atoms with Gasteiger partial charge in [0.05, 0.1) is 6.67 Å². The molecule has 0 heterocycles. The van der Waals surface area contributed by atoms with E-state index in [9.17, 15) is 22.0 Å². The van der Waals surface area contributed by atoms with Crippen LogP contribution in [0.2, 0.25) is 0 Å². The van der Waals surface area contributed by atoms with E-state index in [2.05, 4.69) is 0 Å². The molecule has 0 amide bonds. The average molecular weight is 162 g/mol. The monoisotopic (exact) mass is 162 g/mol. The highest BCUT2D eigenvalue weighted by Gasteiger charge is 2.39. The van der Waals surface area contributed by atoms with Crippen molar-refractivity contribution in [1.29, 1.82) is 0 Å². The summed E-state index contributed by atoms with van der Waals surface area (Å²) >= 11 is 0. The molecule has 5 heteroatoms. The summed E-state index contributed by atoms with van der Waals surface area (Å²) in [4.78, 5) is 0. The van der Waals surface area contributed by atoms with Crippen LogP contribution in [0, 0.1) is 0 Å². The van der Waals surface area contributed by atoms with Gasteiger partial charge in [-0.3, -0.25) is 4.39 Å². The van der Waals surface area contributed by atoms with Gasteiger partial charge in [-0.15, -0.1) is 0 Å². The second kappa shape index (κ2) is 3.73. The van der Waals surface area contributed by atoms with E-state index in [0.717, 1.165) is 0 Å². The van der Waals surface area contributed by atoms with Gasteiger partial charge in [-0.2, -0.15) is 0 Å². The SMILES string of the molecule is FCCCC(F)(F)C(F)F. The Morgan fingerprint density at radius 1 is 1.20 bits per heavy atom. The molecule has 0 atom stereocenters. The van der Waals surface area contributed by atoms with Crippen LogP contribution in [0.3, 0.4) is 0 Å². The Labute approximate surface area is 55.0 Å². The molecule has 0 aromatic rings. The smallest absolute Gasteiger partial charge is 0.251 e. The molecule has 0 aliphatic carbocycles. The molecule has 0 N–H and O–H groups in total. The third-order valence-electron chi connectivity index (χ3n) is 0.963. The molecule has 0 aliphatic rings. The molecule has 0 nitrogen and oxygen atoms in total. The predicted molar refractivity (Wildman–Crippen MR) is 26.2 cm³/mol. The Kier molecular flexibility index (Phi) is 3.60. The quantitative estimate of drug-likeness (QED) is 0.557. The molecule has 0 rings (SSSR count). The van der Waals surface area contributed by atoms with Crippen molar-refractivity contribution in [2.75, 3.05) is 6.67 Å². The van der Waals surface area contributed by atoms with Crippen molar-refractivity contribution in [1.82, 2.24) is 0 Å². The third-order valence-corrected chi connectivity index (χ3v) is 0.963. The van der Waals surface area contributed by atoms with Gasteiger partial charge in [-0.05, 0) is 6.42 Å². The molecule has 0 fully saturated rings. The lowest BCUT2D eigenvalue weighted by atomic mass is 10.2. The van der Waals surface area contributed by atoms with Crippen LogP contribution in [0.4, 0.5) is 22.0 Å². The second-order valence-electron chi connectivity index (χ2n) is 1.85. The van der Waals surface area contributed by atoms with Crippen LogP contribution in [0.15, 0.2) is 0 Å². The van der Waals surface area contributed by atoms with Crippen LogP contribution in [-0.4, -0.2) is 19.0 Å². The fourth-order valence-corrected chi connectivity index (χ4v) is 0.412. The van der Waals surface area contributed by atoms with Gasteiger partial charge in [0.1, 0.15) is 0 Å². The van der Waals surface area contributed by atoms with E-state index in [-0.39, 0.29) is 0 Å². The molecule has 0 radical (unpaired) electrons. The van der Waals surface area contributed by atoms with E-state index >= 15 is 0 Å². The van der Waals surface area contributed by atoms with Crippen molar-refractivity contribution in [3.05, 3.63) is 0 Å². The molecular formula is C5H7F5. The largest absolute Gasteiger partial charge is 0.307 e. The first-order valence-electron chi connectivity index (χ1n) is 2.72. The standard InChI is InChI=1S/C5H7F5/c6-3-1-2-5(9,10)4(7)8/h4H,1-3H2. The summed E-state index contributed by atoms with van der Waals surface area (Å²) in [6, 6.07) is 0. The van der Waals surface area contributed by atoms with Gasteiger partial charge < -0.3 is 0 Å². The first-order chi connectivity index (χ1) is 4.50. The van der Waals surface area contributed by atoms with Crippen LogP contribution in [0.25, 0.3) is 0 Å². The fraction of sp³-hybridized carbons (Fsp3) is 1.00.